The highest BCUT2D eigenvalue weighted by Gasteiger charge is 2.24. The highest BCUT2D eigenvalue weighted by atomic mass is 32.2. The molecule has 0 aliphatic carbocycles. The summed E-state index contributed by atoms with van der Waals surface area (Å²) in [4.78, 5) is 16.8. The van der Waals surface area contributed by atoms with E-state index in [1.807, 2.05) is 25.1 Å². The van der Waals surface area contributed by atoms with Crippen LogP contribution in [0.15, 0.2) is 42.6 Å². The normalized spacial score (nSPS) is 15.4. The smallest absolute Gasteiger partial charge is 0.251 e. The summed E-state index contributed by atoms with van der Waals surface area (Å²) < 4.78 is 31.1. The van der Waals surface area contributed by atoms with Crippen molar-refractivity contribution in [3.05, 3.63) is 53.7 Å². The van der Waals surface area contributed by atoms with Gasteiger partial charge in [-0.2, -0.15) is 4.31 Å². The average Bonchev–Trinajstić information content (AvgIpc) is 2.69. The molecule has 1 aliphatic rings. The van der Waals surface area contributed by atoms with E-state index in [9.17, 15) is 13.2 Å². The van der Waals surface area contributed by atoms with Crippen molar-refractivity contribution in [1.29, 1.82) is 0 Å². The number of carbonyl (C=O) groups excluding carboxylic acids is 1. The van der Waals surface area contributed by atoms with Crippen LogP contribution in [-0.4, -0.2) is 62.2 Å². The van der Waals surface area contributed by atoms with E-state index in [0.29, 0.717) is 31.9 Å². The molecule has 0 atom stereocenters. The Labute approximate surface area is 159 Å². The maximum Gasteiger partial charge on any atom is 0.251 e. The fourth-order valence-corrected chi connectivity index (χ4v) is 4.13. The van der Waals surface area contributed by atoms with Crippen LogP contribution in [0, 0.1) is 6.92 Å². The molecule has 0 unspecified atom stereocenters. The van der Waals surface area contributed by atoms with Crippen molar-refractivity contribution in [2.24, 2.45) is 0 Å². The molecular formula is C19H23N3O4S. The summed E-state index contributed by atoms with van der Waals surface area (Å²) in [5.74, 6) is -0.432. The lowest BCUT2D eigenvalue weighted by Gasteiger charge is -2.26. The molecule has 3 rings (SSSR count). The second-order valence-corrected chi connectivity index (χ2v) is 8.47. The van der Waals surface area contributed by atoms with E-state index in [-0.39, 0.29) is 18.2 Å². The Balaban J connectivity index is 1.59. The number of carbonyl (C=O) groups is 1. The molecule has 1 aromatic carbocycles. The first-order valence-corrected chi connectivity index (χ1v) is 10.4. The van der Waals surface area contributed by atoms with Gasteiger partial charge >= 0.3 is 0 Å². The Morgan fingerprint density at radius 3 is 2.70 bits per heavy atom. The van der Waals surface area contributed by atoms with Crippen molar-refractivity contribution in [3.63, 3.8) is 0 Å². The van der Waals surface area contributed by atoms with E-state index in [2.05, 4.69) is 10.3 Å². The van der Waals surface area contributed by atoms with Crippen LogP contribution in [0.1, 0.15) is 15.9 Å². The van der Waals surface area contributed by atoms with Crippen LogP contribution in [0.4, 0.5) is 0 Å². The number of aromatic nitrogens is 1. The minimum atomic E-state index is -3.39. The molecule has 1 saturated heterocycles. The third kappa shape index (κ3) is 5.12. The molecule has 1 aromatic heterocycles. The van der Waals surface area contributed by atoms with E-state index < -0.39 is 10.0 Å². The first kappa shape index (κ1) is 19.5. The summed E-state index contributed by atoms with van der Waals surface area (Å²) in [6.45, 7) is 3.57. The summed E-state index contributed by atoms with van der Waals surface area (Å²) in [6.07, 6.45) is 1.78. The molecule has 2 aromatic rings. The molecule has 1 aliphatic heterocycles. The van der Waals surface area contributed by atoms with Gasteiger partial charge in [-0.25, -0.2) is 8.42 Å². The van der Waals surface area contributed by atoms with Gasteiger partial charge in [-0.3, -0.25) is 9.78 Å². The molecule has 1 fully saturated rings. The Morgan fingerprint density at radius 1 is 1.22 bits per heavy atom. The molecule has 27 heavy (non-hydrogen) atoms. The van der Waals surface area contributed by atoms with Crippen molar-refractivity contribution >= 4 is 15.9 Å². The summed E-state index contributed by atoms with van der Waals surface area (Å²) in [6, 6.07) is 11.0. The Bertz CT molecular complexity index is 891. The number of nitrogens with one attached hydrogen (secondary N) is 1. The van der Waals surface area contributed by atoms with Crippen molar-refractivity contribution in [3.8, 4) is 11.3 Å². The number of sulfonamides is 1. The van der Waals surface area contributed by atoms with Crippen molar-refractivity contribution in [2.45, 2.75) is 6.92 Å². The third-order valence-corrected chi connectivity index (χ3v) is 6.21. The Kier molecular flexibility index (Phi) is 6.20. The van der Waals surface area contributed by atoms with Crippen LogP contribution in [-0.2, 0) is 14.8 Å². The number of rotatable bonds is 6. The number of ether oxygens (including phenoxy) is 1. The van der Waals surface area contributed by atoms with Gasteiger partial charge in [0.2, 0.25) is 10.0 Å². The maximum absolute atomic E-state index is 12.4. The van der Waals surface area contributed by atoms with Crippen molar-refractivity contribution < 1.29 is 17.9 Å². The van der Waals surface area contributed by atoms with Crippen LogP contribution in [0.3, 0.4) is 0 Å². The second kappa shape index (κ2) is 8.60. The molecule has 7 nitrogen and oxygen atoms in total. The first-order chi connectivity index (χ1) is 13.0. The minimum Gasteiger partial charge on any atom is -0.379 e. The zero-order valence-corrected chi connectivity index (χ0v) is 16.0. The number of pyridine rings is 1. The molecule has 0 radical (unpaired) electrons. The molecule has 144 valence electrons. The van der Waals surface area contributed by atoms with Gasteiger partial charge in [0.15, 0.2) is 0 Å². The van der Waals surface area contributed by atoms with Crippen LogP contribution >= 0.6 is 0 Å². The van der Waals surface area contributed by atoms with E-state index in [4.69, 9.17) is 4.74 Å². The Morgan fingerprint density at radius 2 is 2.00 bits per heavy atom. The molecule has 1 N–H and O–H groups in total. The molecule has 0 saturated carbocycles. The molecular weight excluding hydrogens is 366 g/mol. The number of hydrogen-bond acceptors (Lipinski definition) is 5. The molecule has 2 heterocycles. The van der Waals surface area contributed by atoms with Gasteiger partial charge in [0, 0.05) is 37.0 Å². The second-order valence-electron chi connectivity index (χ2n) is 6.38. The van der Waals surface area contributed by atoms with Gasteiger partial charge in [0.05, 0.1) is 24.7 Å². The summed E-state index contributed by atoms with van der Waals surface area (Å²) in [5, 5.41) is 2.69. The first-order valence-electron chi connectivity index (χ1n) is 8.82. The number of aryl methyl sites for hydroxylation is 1. The van der Waals surface area contributed by atoms with Gasteiger partial charge in [-0.05, 0) is 30.7 Å². The van der Waals surface area contributed by atoms with Crippen LogP contribution in [0.5, 0.6) is 0 Å². The molecule has 0 bridgehead atoms. The van der Waals surface area contributed by atoms with Gasteiger partial charge in [-0.1, -0.05) is 18.2 Å². The highest BCUT2D eigenvalue weighted by molar-refractivity contribution is 7.89. The predicted octanol–water partition coefficient (Wildman–Crippen LogP) is 1.45. The topological polar surface area (TPSA) is 88.6 Å². The maximum atomic E-state index is 12.4. The minimum absolute atomic E-state index is 0.0610. The molecule has 8 heteroatoms. The van der Waals surface area contributed by atoms with Gasteiger partial charge in [0.25, 0.3) is 5.91 Å². The standard InChI is InChI=1S/C19H23N3O4S/c1-15-5-6-18(21-14-15)16-3-2-4-17(13-16)19(23)20-7-12-27(24,25)22-8-10-26-11-9-22/h2-6,13-14H,7-12H2,1H3,(H,20,23). The zero-order chi connectivity index (χ0) is 19.3. The van der Waals surface area contributed by atoms with Gasteiger partial charge in [0.1, 0.15) is 0 Å². The quantitative estimate of drug-likeness (QED) is 0.808. The summed E-state index contributed by atoms with van der Waals surface area (Å²) >= 11 is 0. The van der Waals surface area contributed by atoms with Gasteiger partial charge < -0.3 is 10.1 Å². The van der Waals surface area contributed by atoms with E-state index in [0.717, 1.165) is 16.8 Å². The van der Waals surface area contributed by atoms with Crippen LogP contribution < -0.4 is 5.32 Å². The average molecular weight is 389 g/mol. The number of amides is 1. The lowest BCUT2D eigenvalue weighted by molar-refractivity contribution is 0.0730. The zero-order valence-electron chi connectivity index (χ0n) is 15.2. The lowest BCUT2D eigenvalue weighted by atomic mass is 10.1. The van der Waals surface area contributed by atoms with Crippen LogP contribution in [0.25, 0.3) is 11.3 Å². The monoisotopic (exact) mass is 389 g/mol. The molecule has 1 amide bonds. The van der Waals surface area contributed by atoms with Crippen LogP contribution in [0.2, 0.25) is 0 Å². The number of nitrogens with zero attached hydrogens (tertiary/aromatic N) is 2. The number of benzene rings is 1. The number of hydrogen-bond donors (Lipinski definition) is 1. The number of morpholine rings is 1. The highest BCUT2D eigenvalue weighted by Crippen LogP contribution is 2.18. The van der Waals surface area contributed by atoms with E-state index in [1.54, 1.807) is 24.4 Å². The molecule has 0 spiro atoms. The fourth-order valence-electron chi connectivity index (χ4n) is 2.81. The summed E-state index contributed by atoms with van der Waals surface area (Å²) in [7, 11) is -3.39. The SMILES string of the molecule is Cc1ccc(-c2cccc(C(=O)NCCS(=O)(=O)N3CCOCC3)c2)nc1. The lowest BCUT2D eigenvalue weighted by Crippen LogP contribution is -2.43. The van der Waals surface area contributed by atoms with Crippen molar-refractivity contribution in [1.82, 2.24) is 14.6 Å². The van der Waals surface area contributed by atoms with E-state index in [1.165, 1.54) is 4.31 Å². The predicted molar refractivity (Wildman–Crippen MR) is 103 cm³/mol. The largest absolute Gasteiger partial charge is 0.379 e. The van der Waals surface area contributed by atoms with Gasteiger partial charge in [-0.15, -0.1) is 0 Å². The Hall–Kier alpha value is -2.29. The third-order valence-electron chi connectivity index (χ3n) is 4.34. The fraction of sp³-hybridized carbons (Fsp3) is 0.368. The van der Waals surface area contributed by atoms with Crippen molar-refractivity contribution in [2.75, 3.05) is 38.6 Å². The summed E-state index contributed by atoms with van der Waals surface area (Å²) in [5.41, 5.74) is 3.15. The van der Waals surface area contributed by atoms with E-state index >= 15 is 0 Å².